The normalized spacial score (nSPS) is 11.9. The summed E-state index contributed by atoms with van der Waals surface area (Å²) in [7, 11) is 0. The number of thiophene rings is 1. The Kier molecular flexibility index (Phi) is 4.56. The Morgan fingerprint density at radius 2 is 1.95 bits per heavy atom. The van der Waals surface area contributed by atoms with E-state index in [-0.39, 0.29) is 5.78 Å². The maximum absolute atomic E-state index is 12.4. The molecule has 19 heavy (non-hydrogen) atoms. The largest absolute Gasteiger partial charge is 0.292 e. The van der Waals surface area contributed by atoms with Gasteiger partial charge in [-0.05, 0) is 50.4 Å². The minimum atomic E-state index is -0.765. The van der Waals surface area contributed by atoms with Crippen molar-refractivity contribution in [1.29, 1.82) is 5.26 Å². The number of nitriles is 1. The molecule has 0 aliphatic heterocycles. The average Bonchev–Trinajstić information content (AvgIpc) is 2.71. The SMILES string of the molecule is Cc1ccc(C(C#N)C(=O)c2cc(Br)sc2Br)cc1. The van der Waals surface area contributed by atoms with Gasteiger partial charge in [-0.1, -0.05) is 29.8 Å². The van der Waals surface area contributed by atoms with Crippen molar-refractivity contribution in [1.82, 2.24) is 0 Å². The van der Waals surface area contributed by atoms with Crippen molar-refractivity contribution in [2.45, 2.75) is 12.8 Å². The summed E-state index contributed by atoms with van der Waals surface area (Å²) in [5.74, 6) is -0.946. The van der Waals surface area contributed by atoms with Crippen LogP contribution in [0.25, 0.3) is 0 Å². The van der Waals surface area contributed by atoms with Crippen LogP contribution < -0.4 is 0 Å². The molecule has 0 aliphatic carbocycles. The zero-order chi connectivity index (χ0) is 14.0. The second-order valence-corrected chi connectivity index (χ2v) is 7.82. The van der Waals surface area contributed by atoms with E-state index in [9.17, 15) is 10.1 Å². The van der Waals surface area contributed by atoms with Gasteiger partial charge in [-0.2, -0.15) is 5.26 Å². The van der Waals surface area contributed by atoms with E-state index in [1.807, 2.05) is 31.2 Å². The minimum Gasteiger partial charge on any atom is -0.292 e. The first-order valence-electron chi connectivity index (χ1n) is 5.48. The van der Waals surface area contributed by atoms with Crippen LogP contribution in [-0.2, 0) is 0 Å². The highest BCUT2D eigenvalue weighted by Crippen LogP contribution is 2.34. The molecular formula is C14H9Br2NOS. The summed E-state index contributed by atoms with van der Waals surface area (Å²) in [6, 6.07) is 11.3. The molecule has 0 saturated heterocycles. The Morgan fingerprint density at radius 1 is 1.32 bits per heavy atom. The summed E-state index contributed by atoms with van der Waals surface area (Å²) < 4.78 is 1.61. The minimum absolute atomic E-state index is 0.180. The number of ketones is 1. The molecule has 0 spiro atoms. The quantitative estimate of drug-likeness (QED) is 0.677. The average molecular weight is 399 g/mol. The first-order valence-corrected chi connectivity index (χ1v) is 7.88. The Hall–Kier alpha value is -0.960. The molecule has 1 atom stereocenters. The first-order chi connectivity index (χ1) is 9.02. The van der Waals surface area contributed by atoms with E-state index in [1.54, 1.807) is 6.07 Å². The van der Waals surface area contributed by atoms with Crippen molar-refractivity contribution in [3.8, 4) is 6.07 Å². The van der Waals surface area contributed by atoms with Gasteiger partial charge in [0.1, 0.15) is 5.92 Å². The zero-order valence-electron chi connectivity index (χ0n) is 9.98. The van der Waals surface area contributed by atoms with E-state index in [4.69, 9.17) is 0 Å². The molecule has 0 bridgehead atoms. The zero-order valence-corrected chi connectivity index (χ0v) is 14.0. The summed E-state index contributed by atoms with van der Waals surface area (Å²) in [5.41, 5.74) is 2.38. The van der Waals surface area contributed by atoms with Gasteiger partial charge in [0.05, 0.1) is 13.6 Å². The molecular weight excluding hydrogens is 390 g/mol. The number of hydrogen-bond acceptors (Lipinski definition) is 3. The van der Waals surface area contributed by atoms with E-state index >= 15 is 0 Å². The number of halogens is 2. The van der Waals surface area contributed by atoms with E-state index in [0.717, 1.165) is 18.7 Å². The fourth-order valence-electron chi connectivity index (χ4n) is 1.71. The number of rotatable bonds is 3. The molecule has 2 aromatic rings. The molecule has 0 radical (unpaired) electrons. The van der Waals surface area contributed by atoms with Crippen LogP contribution in [0.4, 0.5) is 0 Å². The summed E-state index contributed by atoms with van der Waals surface area (Å²) in [4.78, 5) is 12.4. The number of Topliss-reactive ketones (excluding diaryl/α,β-unsaturated/α-hetero) is 1. The highest BCUT2D eigenvalue weighted by Gasteiger charge is 2.24. The Balaban J connectivity index is 2.38. The predicted molar refractivity (Wildman–Crippen MR) is 83.6 cm³/mol. The topological polar surface area (TPSA) is 40.9 Å². The first kappa shape index (κ1) is 14.4. The molecule has 1 aromatic heterocycles. The van der Waals surface area contributed by atoms with Crippen molar-refractivity contribution in [2.24, 2.45) is 0 Å². The predicted octanol–water partition coefficient (Wildman–Crippen LogP) is 5.07. The lowest BCUT2D eigenvalue weighted by Crippen LogP contribution is -2.10. The van der Waals surface area contributed by atoms with Gasteiger partial charge in [-0.25, -0.2) is 0 Å². The van der Waals surface area contributed by atoms with E-state index in [1.165, 1.54) is 11.3 Å². The van der Waals surface area contributed by atoms with Crippen LogP contribution >= 0.6 is 43.2 Å². The van der Waals surface area contributed by atoms with Crippen LogP contribution in [0.2, 0.25) is 0 Å². The third-order valence-corrected chi connectivity index (χ3v) is 5.06. The third-order valence-electron chi connectivity index (χ3n) is 2.72. The molecule has 0 fully saturated rings. The van der Waals surface area contributed by atoms with Gasteiger partial charge in [0, 0.05) is 5.56 Å². The fraction of sp³-hybridized carbons (Fsp3) is 0.143. The van der Waals surface area contributed by atoms with Crippen molar-refractivity contribution in [3.05, 3.63) is 54.6 Å². The summed E-state index contributed by atoms with van der Waals surface area (Å²) in [5, 5.41) is 9.28. The molecule has 0 saturated carbocycles. The standard InChI is InChI=1S/C14H9Br2NOS/c1-8-2-4-9(5-3-8)11(7-17)13(18)10-6-12(15)19-14(10)16/h2-6,11H,1H3. The maximum Gasteiger partial charge on any atom is 0.186 e. The van der Waals surface area contributed by atoms with Crippen molar-refractivity contribution in [3.63, 3.8) is 0 Å². The fourth-order valence-corrected chi connectivity index (χ4v) is 4.52. The lowest BCUT2D eigenvalue weighted by atomic mass is 9.92. The van der Waals surface area contributed by atoms with Crippen LogP contribution in [0.3, 0.4) is 0 Å². The van der Waals surface area contributed by atoms with Gasteiger partial charge < -0.3 is 0 Å². The van der Waals surface area contributed by atoms with Gasteiger partial charge in [0.15, 0.2) is 5.78 Å². The maximum atomic E-state index is 12.4. The van der Waals surface area contributed by atoms with Crippen LogP contribution in [0, 0.1) is 18.3 Å². The third kappa shape index (κ3) is 3.14. The highest BCUT2D eigenvalue weighted by atomic mass is 79.9. The monoisotopic (exact) mass is 397 g/mol. The van der Waals surface area contributed by atoms with Crippen LogP contribution in [0.15, 0.2) is 37.9 Å². The number of nitrogens with zero attached hydrogens (tertiary/aromatic N) is 1. The van der Waals surface area contributed by atoms with Gasteiger partial charge >= 0.3 is 0 Å². The number of benzene rings is 1. The summed E-state index contributed by atoms with van der Waals surface area (Å²) in [6.45, 7) is 1.97. The molecule has 5 heteroatoms. The molecule has 0 N–H and O–H groups in total. The van der Waals surface area contributed by atoms with Gasteiger partial charge in [0.2, 0.25) is 0 Å². The molecule has 1 aromatic carbocycles. The van der Waals surface area contributed by atoms with Gasteiger partial charge in [-0.3, -0.25) is 4.79 Å². The Labute approximate surface area is 132 Å². The second kappa shape index (κ2) is 6.00. The number of carbonyl (C=O) groups is 1. The Bertz CT molecular complexity index is 655. The van der Waals surface area contributed by atoms with E-state index < -0.39 is 5.92 Å². The number of aryl methyl sites for hydroxylation is 1. The van der Waals surface area contributed by atoms with Gasteiger partial charge in [-0.15, -0.1) is 11.3 Å². The summed E-state index contributed by atoms with van der Waals surface area (Å²) in [6.07, 6.45) is 0. The number of hydrogen-bond donors (Lipinski definition) is 0. The molecule has 2 rings (SSSR count). The lowest BCUT2D eigenvalue weighted by Gasteiger charge is -2.08. The Morgan fingerprint density at radius 3 is 2.42 bits per heavy atom. The highest BCUT2D eigenvalue weighted by molar-refractivity contribution is 9.12. The van der Waals surface area contributed by atoms with Crippen molar-refractivity contribution >= 4 is 49.0 Å². The smallest absolute Gasteiger partial charge is 0.186 e. The lowest BCUT2D eigenvalue weighted by molar-refractivity contribution is 0.0978. The van der Waals surface area contributed by atoms with Crippen molar-refractivity contribution in [2.75, 3.05) is 0 Å². The van der Waals surface area contributed by atoms with Crippen LogP contribution in [-0.4, -0.2) is 5.78 Å². The van der Waals surface area contributed by atoms with Gasteiger partial charge in [0.25, 0.3) is 0 Å². The summed E-state index contributed by atoms with van der Waals surface area (Å²) >= 11 is 8.13. The van der Waals surface area contributed by atoms with Crippen LogP contribution in [0.1, 0.15) is 27.4 Å². The molecule has 96 valence electrons. The second-order valence-electron chi connectivity index (χ2n) is 4.07. The molecule has 0 amide bonds. The molecule has 1 heterocycles. The molecule has 2 nitrogen and oxygen atoms in total. The van der Waals surface area contributed by atoms with Crippen molar-refractivity contribution < 1.29 is 4.79 Å². The molecule has 1 unspecified atom stereocenters. The van der Waals surface area contributed by atoms with E-state index in [2.05, 4.69) is 37.9 Å². The van der Waals surface area contributed by atoms with Crippen LogP contribution in [0.5, 0.6) is 0 Å². The van der Waals surface area contributed by atoms with E-state index in [0.29, 0.717) is 5.56 Å². The number of carbonyl (C=O) groups excluding carboxylic acids is 1. The molecule has 0 aliphatic rings.